The highest BCUT2D eigenvalue weighted by Crippen LogP contribution is 2.30. The minimum atomic E-state index is -0.120. The minimum absolute atomic E-state index is 0.120. The van der Waals surface area contributed by atoms with Gasteiger partial charge in [0.05, 0.1) is 12.2 Å². The summed E-state index contributed by atoms with van der Waals surface area (Å²) in [7, 11) is 0. The zero-order valence-electron chi connectivity index (χ0n) is 13.3. The number of carbonyl (C=O) groups is 1. The van der Waals surface area contributed by atoms with E-state index in [1.165, 1.54) is 12.8 Å². The second-order valence-electron chi connectivity index (χ2n) is 6.17. The van der Waals surface area contributed by atoms with Crippen LogP contribution in [0.1, 0.15) is 18.4 Å². The lowest BCUT2D eigenvalue weighted by Gasteiger charge is -2.22. The Bertz CT molecular complexity index is 719. The third kappa shape index (κ3) is 4.94. The highest BCUT2D eigenvalue weighted by Gasteiger charge is 2.25. The van der Waals surface area contributed by atoms with Gasteiger partial charge >= 0.3 is 0 Å². The molecule has 1 fully saturated rings. The van der Waals surface area contributed by atoms with Gasteiger partial charge in [0, 0.05) is 19.3 Å². The highest BCUT2D eigenvalue weighted by molar-refractivity contribution is 6.32. The summed E-state index contributed by atoms with van der Waals surface area (Å²) < 4.78 is 0. The Hall–Kier alpha value is -2.11. The number of hydrogen-bond acceptors (Lipinski definition) is 4. The fourth-order valence-corrected chi connectivity index (χ4v) is 2.80. The summed E-state index contributed by atoms with van der Waals surface area (Å²) in [6.07, 6.45) is 4.01. The van der Waals surface area contributed by atoms with Crippen molar-refractivity contribution in [1.82, 2.24) is 9.88 Å². The van der Waals surface area contributed by atoms with Crippen LogP contribution in [0.2, 0.25) is 5.15 Å². The van der Waals surface area contributed by atoms with Crippen molar-refractivity contribution in [1.29, 1.82) is 0 Å². The minimum Gasteiger partial charge on any atom is -0.508 e. The second kappa shape index (κ2) is 7.64. The summed E-state index contributed by atoms with van der Waals surface area (Å²) in [5, 5.41) is 12.7. The molecule has 5 nitrogen and oxygen atoms in total. The van der Waals surface area contributed by atoms with Crippen molar-refractivity contribution in [2.75, 3.05) is 18.4 Å². The zero-order chi connectivity index (χ0) is 16.9. The van der Waals surface area contributed by atoms with Gasteiger partial charge in [-0.25, -0.2) is 4.98 Å². The van der Waals surface area contributed by atoms with Gasteiger partial charge in [0.15, 0.2) is 5.15 Å². The Morgan fingerprint density at radius 1 is 1.33 bits per heavy atom. The Labute approximate surface area is 146 Å². The summed E-state index contributed by atoms with van der Waals surface area (Å²) in [4.78, 5) is 18.4. The molecule has 1 aliphatic carbocycles. The molecule has 0 unspecified atom stereocenters. The number of aromatic hydroxyl groups is 1. The summed E-state index contributed by atoms with van der Waals surface area (Å²) in [5.41, 5.74) is 1.51. The van der Waals surface area contributed by atoms with Crippen molar-refractivity contribution < 1.29 is 9.90 Å². The number of halogens is 1. The molecule has 1 aliphatic rings. The van der Waals surface area contributed by atoms with Gasteiger partial charge in [-0.05, 0) is 48.6 Å². The van der Waals surface area contributed by atoms with Crippen LogP contribution in [0.3, 0.4) is 0 Å². The van der Waals surface area contributed by atoms with Gasteiger partial charge in [0.2, 0.25) is 5.91 Å². The summed E-state index contributed by atoms with van der Waals surface area (Å²) in [5.74, 6) is 0.785. The third-order valence-corrected chi connectivity index (χ3v) is 4.23. The molecule has 3 rings (SSSR count). The fraction of sp³-hybridized carbons (Fsp3) is 0.333. The molecular formula is C18H20ClN3O2. The molecule has 126 valence electrons. The predicted octanol–water partition coefficient (Wildman–Crippen LogP) is 3.29. The quantitative estimate of drug-likeness (QED) is 0.756. The van der Waals surface area contributed by atoms with Gasteiger partial charge < -0.3 is 10.4 Å². The monoisotopic (exact) mass is 345 g/mol. The lowest BCUT2D eigenvalue weighted by molar-refractivity contribution is -0.117. The van der Waals surface area contributed by atoms with E-state index in [4.69, 9.17) is 11.6 Å². The number of phenols is 1. The van der Waals surface area contributed by atoms with Crippen LogP contribution in [0, 0.1) is 5.92 Å². The number of benzene rings is 1. The molecule has 24 heavy (non-hydrogen) atoms. The number of rotatable bonds is 7. The highest BCUT2D eigenvalue weighted by atomic mass is 35.5. The molecule has 0 saturated heterocycles. The molecule has 1 aromatic heterocycles. The predicted molar refractivity (Wildman–Crippen MR) is 94.0 cm³/mol. The van der Waals surface area contributed by atoms with Crippen LogP contribution in [-0.4, -0.2) is 34.0 Å². The molecule has 0 aliphatic heterocycles. The number of anilines is 1. The summed E-state index contributed by atoms with van der Waals surface area (Å²) >= 11 is 5.98. The van der Waals surface area contributed by atoms with Gasteiger partial charge in [0.1, 0.15) is 5.75 Å². The molecule has 2 N–H and O–H groups in total. The Balaban J connectivity index is 1.63. The number of pyridine rings is 1. The van der Waals surface area contributed by atoms with E-state index >= 15 is 0 Å². The van der Waals surface area contributed by atoms with E-state index in [1.807, 2.05) is 12.1 Å². The van der Waals surface area contributed by atoms with Crippen LogP contribution in [0.5, 0.6) is 5.75 Å². The van der Waals surface area contributed by atoms with Crippen LogP contribution in [-0.2, 0) is 11.3 Å². The van der Waals surface area contributed by atoms with E-state index in [9.17, 15) is 9.90 Å². The SMILES string of the molecule is O=C(CN(Cc1cccc(O)c1)CC1CC1)Nc1cccnc1Cl. The van der Waals surface area contributed by atoms with Gasteiger partial charge in [-0.2, -0.15) is 0 Å². The largest absolute Gasteiger partial charge is 0.508 e. The van der Waals surface area contributed by atoms with Gasteiger partial charge in [-0.15, -0.1) is 0 Å². The molecule has 1 saturated carbocycles. The van der Waals surface area contributed by atoms with E-state index in [-0.39, 0.29) is 23.4 Å². The first-order valence-corrected chi connectivity index (χ1v) is 8.38. The van der Waals surface area contributed by atoms with Crippen molar-refractivity contribution >= 4 is 23.2 Å². The van der Waals surface area contributed by atoms with Crippen LogP contribution in [0.25, 0.3) is 0 Å². The maximum Gasteiger partial charge on any atom is 0.238 e. The van der Waals surface area contributed by atoms with E-state index < -0.39 is 0 Å². The number of amides is 1. The van der Waals surface area contributed by atoms with Gasteiger partial charge in [0.25, 0.3) is 0 Å². The van der Waals surface area contributed by atoms with E-state index in [2.05, 4.69) is 15.2 Å². The molecule has 0 radical (unpaired) electrons. The second-order valence-corrected chi connectivity index (χ2v) is 6.53. The van der Waals surface area contributed by atoms with E-state index in [0.717, 1.165) is 12.1 Å². The van der Waals surface area contributed by atoms with Crippen LogP contribution in [0.15, 0.2) is 42.6 Å². The zero-order valence-corrected chi connectivity index (χ0v) is 14.0. The number of phenolic OH excluding ortho intramolecular Hbond substituents is 1. The van der Waals surface area contributed by atoms with Gasteiger partial charge in [-0.1, -0.05) is 23.7 Å². The lowest BCUT2D eigenvalue weighted by atomic mass is 10.2. The number of hydrogen-bond donors (Lipinski definition) is 2. The van der Waals surface area contributed by atoms with E-state index in [1.54, 1.807) is 30.5 Å². The number of nitrogens with one attached hydrogen (secondary N) is 1. The first kappa shape index (κ1) is 16.7. The molecule has 0 bridgehead atoms. The molecule has 1 heterocycles. The summed E-state index contributed by atoms with van der Waals surface area (Å²) in [6.45, 7) is 1.78. The topological polar surface area (TPSA) is 65.5 Å². The number of carbonyl (C=O) groups excluding carboxylic acids is 1. The Kier molecular flexibility index (Phi) is 5.33. The van der Waals surface area contributed by atoms with Crippen LogP contribution in [0.4, 0.5) is 5.69 Å². The molecule has 0 atom stereocenters. The third-order valence-electron chi connectivity index (χ3n) is 3.93. The normalized spacial score (nSPS) is 13.9. The maximum absolute atomic E-state index is 12.3. The standard InChI is InChI=1S/C18H20ClN3O2/c19-18-16(5-2-8-20-18)21-17(24)12-22(10-13-6-7-13)11-14-3-1-4-15(23)9-14/h1-5,8-9,13,23H,6-7,10-12H2,(H,21,24). The fourth-order valence-electron chi connectivity index (χ4n) is 2.64. The molecule has 1 amide bonds. The Morgan fingerprint density at radius 3 is 2.88 bits per heavy atom. The smallest absolute Gasteiger partial charge is 0.238 e. The molecule has 6 heteroatoms. The van der Waals surface area contributed by atoms with E-state index in [0.29, 0.717) is 18.2 Å². The maximum atomic E-state index is 12.3. The van der Waals surface area contributed by atoms with Crippen LogP contribution >= 0.6 is 11.6 Å². The average Bonchev–Trinajstić information content (AvgIpc) is 3.33. The van der Waals surface area contributed by atoms with Crippen LogP contribution < -0.4 is 5.32 Å². The van der Waals surface area contributed by atoms with Crippen molar-refractivity contribution in [3.63, 3.8) is 0 Å². The van der Waals surface area contributed by atoms with Crippen molar-refractivity contribution in [3.8, 4) is 5.75 Å². The molecule has 2 aromatic rings. The number of nitrogens with zero attached hydrogens (tertiary/aromatic N) is 2. The lowest BCUT2D eigenvalue weighted by Crippen LogP contribution is -2.34. The van der Waals surface area contributed by atoms with Crippen molar-refractivity contribution in [2.45, 2.75) is 19.4 Å². The molecule has 0 spiro atoms. The first-order valence-electron chi connectivity index (χ1n) is 8.01. The van der Waals surface area contributed by atoms with Crippen molar-refractivity contribution in [3.05, 3.63) is 53.3 Å². The molecule has 1 aromatic carbocycles. The molecular weight excluding hydrogens is 326 g/mol. The first-order chi connectivity index (χ1) is 11.6. The Morgan fingerprint density at radius 2 is 2.17 bits per heavy atom. The summed E-state index contributed by atoms with van der Waals surface area (Å²) in [6, 6.07) is 10.6. The average molecular weight is 346 g/mol. The van der Waals surface area contributed by atoms with Gasteiger partial charge in [-0.3, -0.25) is 9.69 Å². The van der Waals surface area contributed by atoms with Crippen molar-refractivity contribution in [2.24, 2.45) is 5.92 Å². The number of aromatic nitrogens is 1.